The highest BCUT2D eigenvalue weighted by atomic mass is 35.5. The van der Waals surface area contributed by atoms with Gasteiger partial charge in [0.15, 0.2) is 0 Å². The molecule has 2 N–H and O–H groups in total. The summed E-state index contributed by atoms with van der Waals surface area (Å²) in [6, 6.07) is 8.70. The minimum atomic E-state index is 0.175. The highest BCUT2D eigenvalue weighted by Crippen LogP contribution is 2.32. The monoisotopic (exact) mass is 294 g/mol. The Bertz CT molecular complexity index is 408. The molecule has 0 spiro atoms. The van der Waals surface area contributed by atoms with Crippen LogP contribution in [0.25, 0.3) is 0 Å². The maximum absolute atomic E-state index is 6.43. The number of hydrogen-bond acceptors (Lipinski definition) is 2. The van der Waals surface area contributed by atoms with Crippen molar-refractivity contribution in [2.45, 2.75) is 45.7 Å². The van der Waals surface area contributed by atoms with E-state index in [2.05, 4.69) is 37.8 Å². The quantitative estimate of drug-likeness (QED) is 0.906. The molecule has 1 fully saturated rings. The van der Waals surface area contributed by atoms with E-state index in [-0.39, 0.29) is 6.04 Å². The Morgan fingerprint density at radius 1 is 1.20 bits per heavy atom. The van der Waals surface area contributed by atoms with E-state index in [1.54, 1.807) is 0 Å². The van der Waals surface area contributed by atoms with E-state index in [0.29, 0.717) is 6.04 Å². The first kappa shape index (κ1) is 15.8. The number of piperidine rings is 1. The van der Waals surface area contributed by atoms with Crippen molar-refractivity contribution in [1.82, 2.24) is 4.90 Å². The van der Waals surface area contributed by atoms with Crippen molar-refractivity contribution >= 4 is 11.6 Å². The summed E-state index contributed by atoms with van der Waals surface area (Å²) in [5.74, 6) is 1.50. The SMILES string of the molecule is CCC(N)C(c1ccc(Cl)cc1)N1CC(C)CC(C)C1. The highest BCUT2D eigenvalue weighted by molar-refractivity contribution is 6.30. The fraction of sp³-hybridized carbons (Fsp3) is 0.647. The Balaban J connectivity index is 2.25. The molecule has 2 nitrogen and oxygen atoms in total. The summed E-state index contributed by atoms with van der Waals surface area (Å²) in [4.78, 5) is 2.58. The molecule has 3 heteroatoms. The molecule has 0 amide bonds. The molecule has 1 heterocycles. The van der Waals surface area contributed by atoms with Gasteiger partial charge in [-0.1, -0.05) is 44.5 Å². The van der Waals surface area contributed by atoms with Gasteiger partial charge in [0, 0.05) is 30.2 Å². The van der Waals surface area contributed by atoms with Crippen molar-refractivity contribution in [3.05, 3.63) is 34.9 Å². The Morgan fingerprint density at radius 3 is 2.25 bits per heavy atom. The van der Waals surface area contributed by atoms with E-state index in [4.69, 9.17) is 17.3 Å². The van der Waals surface area contributed by atoms with Crippen LogP contribution in [0.5, 0.6) is 0 Å². The fourth-order valence-corrected chi connectivity index (χ4v) is 3.68. The third-order valence-electron chi connectivity index (χ3n) is 4.38. The van der Waals surface area contributed by atoms with Crippen molar-refractivity contribution in [2.24, 2.45) is 17.6 Å². The van der Waals surface area contributed by atoms with Gasteiger partial charge in [-0.05, 0) is 42.4 Å². The molecule has 112 valence electrons. The number of nitrogens with two attached hydrogens (primary N) is 1. The lowest BCUT2D eigenvalue weighted by Crippen LogP contribution is -2.47. The summed E-state index contributed by atoms with van der Waals surface area (Å²) in [5, 5.41) is 0.790. The molecule has 0 aliphatic carbocycles. The third-order valence-corrected chi connectivity index (χ3v) is 4.63. The Kier molecular flexibility index (Phi) is 5.48. The van der Waals surface area contributed by atoms with Crippen LogP contribution in [0.3, 0.4) is 0 Å². The zero-order valence-corrected chi connectivity index (χ0v) is 13.6. The Morgan fingerprint density at radius 2 is 1.75 bits per heavy atom. The van der Waals surface area contributed by atoms with Gasteiger partial charge in [-0.15, -0.1) is 0 Å². The van der Waals surface area contributed by atoms with Crippen LogP contribution in [0.2, 0.25) is 5.02 Å². The van der Waals surface area contributed by atoms with Crippen LogP contribution in [0.4, 0.5) is 0 Å². The Labute approximate surface area is 128 Å². The van der Waals surface area contributed by atoms with Gasteiger partial charge in [-0.25, -0.2) is 0 Å². The average molecular weight is 295 g/mol. The van der Waals surface area contributed by atoms with Gasteiger partial charge < -0.3 is 5.73 Å². The summed E-state index contributed by atoms with van der Waals surface area (Å²) >= 11 is 6.02. The van der Waals surface area contributed by atoms with Gasteiger partial charge in [0.1, 0.15) is 0 Å². The molecule has 0 aromatic heterocycles. The van der Waals surface area contributed by atoms with E-state index in [9.17, 15) is 0 Å². The topological polar surface area (TPSA) is 29.3 Å². The van der Waals surface area contributed by atoms with Crippen LogP contribution < -0.4 is 5.73 Å². The molecule has 20 heavy (non-hydrogen) atoms. The van der Waals surface area contributed by atoms with Crippen molar-refractivity contribution in [3.8, 4) is 0 Å². The van der Waals surface area contributed by atoms with Crippen LogP contribution in [0.1, 0.15) is 45.2 Å². The first-order chi connectivity index (χ1) is 9.51. The summed E-state index contributed by atoms with van der Waals surface area (Å²) in [7, 11) is 0. The molecule has 1 aromatic rings. The minimum Gasteiger partial charge on any atom is -0.326 e. The molecule has 1 aromatic carbocycles. The van der Waals surface area contributed by atoms with Gasteiger partial charge in [0.25, 0.3) is 0 Å². The fourth-order valence-electron chi connectivity index (χ4n) is 3.55. The first-order valence-corrected chi connectivity index (χ1v) is 8.14. The van der Waals surface area contributed by atoms with Gasteiger partial charge in [0.05, 0.1) is 0 Å². The smallest absolute Gasteiger partial charge is 0.0499 e. The van der Waals surface area contributed by atoms with E-state index >= 15 is 0 Å². The lowest BCUT2D eigenvalue weighted by Gasteiger charge is -2.42. The summed E-state index contributed by atoms with van der Waals surface area (Å²) in [6.45, 7) is 9.15. The zero-order chi connectivity index (χ0) is 14.7. The largest absolute Gasteiger partial charge is 0.326 e. The molecular formula is C17H27ClN2. The second-order valence-electron chi connectivity index (χ2n) is 6.47. The third kappa shape index (κ3) is 3.75. The van der Waals surface area contributed by atoms with E-state index in [1.807, 2.05) is 12.1 Å². The van der Waals surface area contributed by atoms with Crippen molar-refractivity contribution < 1.29 is 0 Å². The lowest BCUT2D eigenvalue weighted by molar-refractivity contribution is 0.0810. The summed E-state index contributed by atoms with van der Waals surface area (Å²) in [6.07, 6.45) is 2.32. The van der Waals surface area contributed by atoms with Crippen LogP contribution in [0.15, 0.2) is 24.3 Å². The molecule has 2 rings (SSSR count). The summed E-state index contributed by atoms with van der Waals surface area (Å²) < 4.78 is 0. The van der Waals surface area contributed by atoms with E-state index in [0.717, 1.165) is 36.4 Å². The van der Waals surface area contributed by atoms with Crippen molar-refractivity contribution in [2.75, 3.05) is 13.1 Å². The summed E-state index contributed by atoms with van der Waals surface area (Å²) in [5.41, 5.74) is 7.73. The maximum Gasteiger partial charge on any atom is 0.0499 e. The predicted octanol–water partition coefficient (Wildman–Crippen LogP) is 4.10. The van der Waals surface area contributed by atoms with Crippen LogP contribution in [0, 0.1) is 11.8 Å². The number of halogens is 1. The number of hydrogen-bond donors (Lipinski definition) is 1. The van der Waals surface area contributed by atoms with Gasteiger partial charge in [-0.3, -0.25) is 4.90 Å². The molecule has 0 saturated carbocycles. The molecule has 4 atom stereocenters. The van der Waals surface area contributed by atoms with Gasteiger partial charge >= 0.3 is 0 Å². The molecular weight excluding hydrogens is 268 g/mol. The van der Waals surface area contributed by atoms with E-state index in [1.165, 1.54) is 12.0 Å². The van der Waals surface area contributed by atoms with Gasteiger partial charge in [-0.2, -0.15) is 0 Å². The normalized spacial score (nSPS) is 27.2. The second kappa shape index (κ2) is 6.93. The standard InChI is InChI=1S/C17H27ClN2/c1-4-16(19)17(14-5-7-15(18)8-6-14)20-10-12(2)9-13(3)11-20/h5-8,12-13,16-17H,4,9-11,19H2,1-3H3. The van der Waals surface area contributed by atoms with E-state index < -0.39 is 0 Å². The molecule has 1 aliphatic heterocycles. The molecule has 1 aliphatic rings. The first-order valence-electron chi connectivity index (χ1n) is 7.76. The predicted molar refractivity (Wildman–Crippen MR) is 87.0 cm³/mol. The molecule has 1 saturated heterocycles. The molecule has 0 bridgehead atoms. The average Bonchev–Trinajstić information content (AvgIpc) is 2.40. The zero-order valence-electron chi connectivity index (χ0n) is 12.8. The van der Waals surface area contributed by atoms with Crippen LogP contribution >= 0.6 is 11.6 Å². The number of rotatable bonds is 4. The minimum absolute atomic E-state index is 0.175. The second-order valence-corrected chi connectivity index (χ2v) is 6.90. The number of likely N-dealkylation sites (tertiary alicyclic amines) is 1. The van der Waals surface area contributed by atoms with Crippen molar-refractivity contribution in [1.29, 1.82) is 0 Å². The Hall–Kier alpha value is -0.570. The van der Waals surface area contributed by atoms with Crippen LogP contribution in [-0.4, -0.2) is 24.0 Å². The maximum atomic E-state index is 6.43. The lowest BCUT2D eigenvalue weighted by atomic mass is 9.87. The van der Waals surface area contributed by atoms with Crippen LogP contribution in [-0.2, 0) is 0 Å². The number of benzene rings is 1. The molecule has 4 unspecified atom stereocenters. The van der Waals surface area contributed by atoms with Gasteiger partial charge in [0.2, 0.25) is 0 Å². The highest BCUT2D eigenvalue weighted by Gasteiger charge is 2.31. The number of nitrogens with zero attached hydrogens (tertiary/aromatic N) is 1. The van der Waals surface area contributed by atoms with Crippen molar-refractivity contribution in [3.63, 3.8) is 0 Å². The molecule has 0 radical (unpaired) electrons.